The molecule has 42 heavy (non-hydrogen) atoms. The number of alkyl halides is 3. The van der Waals surface area contributed by atoms with Crippen LogP contribution in [0.4, 0.5) is 24.8 Å². The quantitative estimate of drug-likeness (QED) is 0.317. The molecule has 5 rings (SSSR count). The number of likely N-dealkylation sites (tertiary alicyclic amines) is 1. The second kappa shape index (κ2) is 11.2. The Labute approximate surface area is 240 Å². The van der Waals surface area contributed by atoms with Crippen molar-refractivity contribution in [3.05, 3.63) is 71.9 Å². The number of rotatable bonds is 4. The van der Waals surface area contributed by atoms with E-state index in [0.29, 0.717) is 22.6 Å². The molecule has 0 unspecified atom stereocenters. The number of nitrogens with one attached hydrogen (secondary N) is 1. The maximum absolute atomic E-state index is 13.1. The summed E-state index contributed by atoms with van der Waals surface area (Å²) in [6, 6.07) is 7.61. The van der Waals surface area contributed by atoms with Crippen molar-refractivity contribution in [3.8, 4) is 23.1 Å². The summed E-state index contributed by atoms with van der Waals surface area (Å²) in [4.78, 5) is 40.7. The number of hydrogen-bond donors (Lipinski definition) is 2. The highest BCUT2D eigenvalue weighted by Gasteiger charge is 2.40. The van der Waals surface area contributed by atoms with E-state index in [4.69, 9.17) is 10.7 Å². The molecule has 216 valence electrons. The summed E-state index contributed by atoms with van der Waals surface area (Å²) in [6.45, 7) is 5.70. The smallest absolute Gasteiger partial charge is 0.382 e. The largest absolute Gasteiger partial charge is 0.416 e. The van der Waals surface area contributed by atoms with Crippen LogP contribution in [0.25, 0.3) is 16.8 Å². The van der Waals surface area contributed by atoms with Crippen LogP contribution in [-0.2, 0) is 11.0 Å². The molecular formula is C30H28F3N7O2. The lowest BCUT2D eigenvalue weighted by atomic mass is 9.86. The fraction of sp³-hybridized carbons (Fsp3) is 0.300. The molecule has 0 aliphatic carbocycles. The summed E-state index contributed by atoms with van der Waals surface area (Å²) in [5.41, 5.74) is 7.31. The third-order valence-electron chi connectivity index (χ3n) is 7.44. The van der Waals surface area contributed by atoms with Gasteiger partial charge in [-0.1, -0.05) is 25.0 Å². The number of aromatic nitrogens is 4. The average Bonchev–Trinajstić information content (AvgIpc) is 3.34. The van der Waals surface area contributed by atoms with Crippen LogP contribution in [0.5, 0.6) is 0 Å². The number of pyridine rings is 1. The zero-order valence-corrected chi connectivity index (χ0v) is 23.1. The number of carbonyl (C=O) groups is 2. The van der Waals surface area contributed by atoms with Crippen LogP contribution in [0.3, 0.4) is 0 Å². The maximum atomic E-state index is 13.1. The zero-order valence-electron chi connectivity index (χ0n) is 23.1. The number of nitrogens with zero attached hydrogens (tertiary/aromatic N) is 5. The Balaban J connectivity index is 1.51. The highest BCUT2D eigenvalue weighted by Crippen LogP contribution is 2.41. The number of nitrogen functional groups attached to an aromatic ring is 1. The Kier molecular flexibility index (Phi) is 7.60. The lowest BCUT2D eigenvalue weighted by Gasteiger charge is -2.42. The lowest BCUT2D eigenvalue weighted by molar-refractivity contribution is -0.137. The van der Waals surface area contributed by atoms with E-state index in [-0.39, 0.29) is 41.1 Å². The van der Waals surface area contributed by atoms with E-state index in [0.717, 1.165) is 31.2 Å². The summed E-state index contributed by atoms with van der Waals surface area (Å²) < 4.78 is 41.0. The van der Waals surface area contributed by atoms with E-state index in [9.17, 15) is 22.8 Å². The molecule has 0 radical (unpaired) electrons. The molecule has 1 aliphatic heterocycles. The van der Waals surface area contributed by atoms with Gasteiger partial charge in [0.15, 0.2) is 0 Å². The van der Waals surface area contributed by atoms with Gasteiger partial charge in [-0.15, -0.1) is 0 Å². The molecule has 1 aromatic carbocycles. The van der Waals surface area contributed by atoms with Gasteiger partial charge < -0.3 is 16.0 Å². The number of imidazole rings is 1. The van der Waals surface area contributed by atoms with Gasteiger partial charge in [0.05, 0.1) is 11.6 Å². The minimum atomic E-state index is -4.56. The standard InChI is InChI=1S/C30H28F3N7O2/c1-4-5-23(41)40-18(3)7-6-17(2)25(40)28-38-24(26-27(34)36-14-15-39(26)28)19-8-10-20(11-9-19)29(42)37-22-16-21(12-13-35-22)30(31,32)33/h8-18,25H,6-7H2,1-3H3,(H2,34,36)(H,35,37,42)/t17-,18+,25+/m1/s1. The number of nitrogens with two attached hydrogens (primary N) is 1. The van der Waals surface area contributed by atoms with Crippen LogP contribution in [-0.4, -0.2) is 42.1 Å². The summed E-state index contributed by atoms with van der Waals surface area (Å²) in [6.07, 6.45) is 1.48. The molecule has 3 atom stereocenters. The van der Waals surface area contributed by atoms with Crippen LogP contribution in [0, 0.1) is 17.8 Å². The Bertz CT molecular complexity index is 1720. The number of fused-ring (bicyclic) bond motifs is 1. The number of carbonyl (C=O) groups excluding carboxylic acids is 2. The van der Waals surface area contributed by atoms with Gasteiger partial charge >= 0.3 is 6.18 Å². The van der Waals surface area contributed by atoms with E-state index in [1.165, 1.54) is 12.1 Å². The molecule has 3 N–H and O–H groups in total. The minimum absolute atomic E-state index is 0.0429. The average molecular weight is 576 g/mol. The van der Waals surface area contributed by atoms with Crippen molar-refractivity contribution in [2.24, 2.45) is 5.92 Å². The summed E-state index contributed by atoms with van der Waals surface area (Å²) in [7, 11) is 0. The van der Waals surface area contributed by atoms with E-state index < -0.39 is 17.6 Å². The van der Waals surface area contributed by atoms with E-state index >= 15 is 0 Å². The number of halogens is 3. The van der Waals surface area contributed by atoms with Gasteiger partial charge in [-0.25, -0.2) is 15.0 Å². The van der Waals surface area contributed by atoms with Gasteiger partial charge in [0.25, 0.3) is 11.8 Å². The molecule has 0 saturated carbocycles. The first-order valence-corrected chi connectivity index (χ1v) is 13.3. The Morgan fingerprint density at radius 3 is 2.50 bits per heavy atom. The van der Waals surface area contributed by atoms with Gasteiger partial charge in [-0.2, -0.15) is 13.2 Å². The van der Waals surface area contributed by atoms with Crippen molar-refractivity contribution >= 4 is 29.0 Å². The molecule has 1 aliphatic rings. The van der Waals surface area contributed by atoms with Gasteiger partial charge in [0.1, 0.15) is 28.7 Å². The normalized spacial score (nSPS) is 18.8. The van der Waals surface area contributed by atoms with Crippen LogP contribution < -0.4 is 11.1 Å². The predicted octanol–water partition coefficient (Wildman–Crippen LogP) is 5.36. The molecule has 4 aromatic rings. The van der Waals surface area contributed by atoms with Crippen LogP contribution in [0.15, 0.2) is 55.0 Å². The highest BCUT2D eigenvalue weighted by molar-refractivity contribution is 6.04. The molecule has 0 bridgehead atoms. The van der Waals surface area contributed by atoms with E-state index in [1.54, 1.807) is 36.4 Å². The second-order valence-electron chi connectivity index (χ2n) is 10.2. The topological polar surface area (TPSA) is 119 Å². The first kappa shape index (κ1) is 28.6. The molecule has 1 fully saturated rings. The number of hydrogen-bond acceptors (Lipinski definition) is 6. The van der Waals surface area contributed by atoms with Crippen molar-refractivity contribution in [3.63, 3.8) is 0 Å². The Morgan fingerprint density at radius 1 is 1.07 bits per heavy atom. The molecule has 2 amide bonds. The molecule has 12 heteroatoms. The van der Waals surface area contributed by atoms with Crippen LogP contribution >= 0.6 is 0 Å². The van der Waals surface area contributed by atoms with Gasteiger partial charge in [-0.3, -0.25) is 14.0 Å². The predicted molar refractivity (Wildman–Crippen MR) is 151 cm³/mol. The maximum Gasteiger partial charge on any atom is 0.416 e. The highest BCUT2D eigenvalue weighted by atomic mass is 19.4. The lowest BCUT2D eigenvalue weighted by Crippen LogP contribution is -2.47. The summed E-state index contributed by atoms with van der Waals surface area (Å²) in [5.74, 6) is 5.22. The molecule has 4 heterocycles. The van der Waals surface area contributed by atoms with E-state index in [1.807, 2.05) is 11.3 Å². The number of anilines is 2. The SMILES string of the molecule is CC#CC(=O)N1[C@H](c2nc(-c3ccc(C(=O)Nc4cc(C(F)(F)F)ccn4)cc3)c3c(N)nccn23)[C@H](C)CC[C@@H]1C. The summed E-state index contributed by atoms with van der Waals surface area (Å²) in [5, 5.41) is 2.40. The van der Waals surface area contributed by atoms with E-state index in [2.05, 4.69) is 34.0 Å². The number of benzene rings is 1. The van der Waals surface area contributed by atoms with Crippen molar-refractivity contribution in [2.75, 3.05) is 11.1 Å². The third kappa shape index (κ3) is 5.37. The molecular weight excluding hydrogens is 547 g/mol. The summed E-state index contributed by atoms with van der Waals surface area (Å²) >= 11 is 0. The third-order valence-corrected chi connectivity index (χ3v) is 7.44. The van der Waals surface area contributed by atoms with Crippen LogP contribution in [0.2, 0.25) is 0 Å². The van der Waals surface area contributed by atoms with Crippen molar-refractivity contribution in [1.29, 1.82) is 0 Å². The first-order chi connectivity index (χ1) is 20.0. The van der Waals surface area contributed by atoms with Gasteiger partial charge in [0.2, 0.25) is 0 Å². The van der Waals surface area contributed by atoms with Crippen molar-refractivity contribution in [2.45, 2.75) is 51.9 Å². The van der Waals surface area contributed by atoms with Crippen molar-refractivity contribution in [1.82, 2.24) is 24.3 Å². The van der Waals surface area contributed by atoms with Crippen molar-refractivity contribution < 1.29 is 22.8 Å². The number of amides is 2. The second-order valence-corrected chi connectivity index (χ2v) is 10.2. The molecule has 9 nitrogen and oxygen atoms in total. The van der Waals surface area contributed by atoms with Gasteiger partial charge in [0, 0.05) is 35.8 Å². The van der Waals surface area contributed by atoms with Gasteiger partial charge in [-0.05, 0) is 62.8 Å². The Hall–Kier alpha value is -4.92. The fourth-order valence-electron chi connectivity index (χ4n) is 5.37. The monoisotopic (exact) mass is 575 g/mol. The number of piperidine rings is 1. The van der Waals surface area contributed by atoms with Crippen LogP contribution in [0.1, 0.15) is 61.4 Å². The fourth-order valence-corrected chi connectivity index (χ4v) is 5.37. The Morgan fingerprint density at radius 2 is 1.81 bits per heavy atom. The molecule has 0 spiro atoms. The zero-order chi connectivity index (χ0) is 30.2. The first-order valence-electron chi connectivity index (χ1n) is 13.3. The molecule has 3 aromatic heterocycles. The molecule has 1 saturated heterocycles. The minimum Gasteiger partial charge on any atom is -0.382 e.